The smallest absolute Gasteiger partial charge is 0.320 e. The zero-order valence-corrected chi connectivity index (χ0v) is 15.2. The summed E-state index contributed by atoms with van der Waals surface area (Å²) in [6.45, 7) is 1.79. The number of primary sulfonamides is 1. The molecule has 0 aliphatic carbocycles. The van der Waals surface area contributed by atoms with Crippen molar-refractivity contribution in [3.05, 3.63) is 30.3 Å². The maximum Gasteiger partial charge on any atom is 0.320 e. The third kappa shape index (κ3) is 17.7. The Balaban J connectivity index is 0. The van der Waals surface area contributed by atoms with Gasteiger partial charge in [-0.05, 0) is 25.0 Å². The molecule has 0 radical (unpaired) electrons. The van der Waals surface area contributed by atoms with Crippen molar-refractivity contribution < 1.29 is 23.1 Å². The molecule has 0 bridgehead atoms. The van der Waals surface area contributed by atoms with Gasteiger partial charge in [0, 0.05) is 13.5 Å². The second-order valence-electron chi connectivity index (χ2n) is 4.90. The van der Waals surface area contributed by atoms with Crippen LogP contribution in [0.5, 0.6) is 0 Å². The summed E-state index contributed by atoms with van der Waals surface area (Å²) < 4.78 is 21.2. The molecule has 12 heteroatoms. The van der Waals surface area contributed by atoms with E-state index in [1.807, 2.05) is 0 Å². The van der Waals surface area contributed by atoms with E-state index in [9.17, 15) is 18.0 Å². The van der Waals surface area contributed by atoms with Gasteiger partial charge in [0.1, 0.15) is 6.04 Å². The molecule has 0 aliphatic heterocycles. The minimum absolute atomic E-state index is 0.112. The van der Waals surface area contributed by atoms with Crippen molar-refractivity contribution in [1.82, 2.24) is 5.32 Å². The molecule has 0 saturated heterocycles. The van der Waals surface area contributed by atoms with Crippen LogP contribution in [0.4, 0.5) is 0 Å². The first-order valence-electron chi connectivity index (χ1n) is 7.28. The van der Waals surface area contributed by atoms with Gasteiger partial charge >= 0.3 is 5.97 Å². The molecular weight excluding hydrogens is 364 g/mol. The van der Waals surface area contributed by atoms with Crippen LogP contribution in [0, 0.1) is 5.41 Å². The van der Waals surface area contributed by atoms with Gasteiger partial charge in [-0.1, -0.05) is 18.2 Å². The van der Waals surface area contributed by atoms with Crippen molar-refractivity contribution in [1.29, 1.82) is 5.41 Å². The molecule has 148 valence electrons. The van der Waals surface area contributed by atoms with Crippen molar-refractivity contribution in [2.75, 3.05) is 6.54 Å². The molecule has 1 amide bonds. The van der Waals surface area contributed by atoms with Crippen LogP contribution in [0.3, 0.4) is 0 Å². The van der Waals surface area contributed by atoms with E-state index < -0.39 is 22.0 Å². The van der Waals surface area contributed by atoms with Crippen LogP contribution in [-0.2, 0) is 19.6 Å². The van der Waals surface area contributed by atoms with Crippen molar-refractivity contribution in [3.63, 3.8) is 0 Å². The maximum atomic E-state index is 10.6. The predicted octanol–water partition coefficient (Wildman–Crippen LogP) is -1.51. The van der Waals surface area contributed by atoms with E-state index in [-0.39, 0.29) is 16.8 Å². The Kier molecular flexibility index (Phi) is 13.3. The van der Waals surface area contributed by atoms with E-state index in [0.29, 0.717) is 19.4 Å². The summed E-state index contributed by atoms with van der Waals surface area (Å²) in [4.78, 5) is 19.6. The summed E-state index contributed by atoms with van der Waals surface area (Å²) in [6.07, 6.45) is 0.975. The van der Waals surface area contributed by atoms with Crippen LogP contribution in [0.1, 0.15) is 19.8 Å². The lowest BCUT2D eigenvalue weighted by Crippen LogP contribution is -2.34. The molecule has 0 heterocycles. The fourth-order valence-electron chi connectivity index (χ4n) is 1.28. The summed E-state index contributed by atoms with van der Waals surface area (Å²) in [5.41, 5.74) is 14.7. The summed E-state index contributed by atoms with van der Waals surface area (Å²) in [5, 5.41) is 22.5. The molecule has 11 nitrogen and oxygen atoms in total. The van der Waals surface area contributed by atoms with Gasteiger partial charge in [0.25, 0.3) is 0 Å². The van der Waals surface area contributed by atoms with Gasteiger partial charge in [-0.25, -0.2) is 13.6 Å². The lowest BCUT2D eigenvalue weighted by Gasteiger charge is -2.06. The number of amides is 1. The van der Waals surface area contributed by atoms with E-state index in [1.54, 1.807) is 18.2 Å². The number of nitrogens with two attached hydrogens (primary N) is 4. The number of carbonyl (C=O) groups excluding carboxylic acids is 1. The second kappa shape index (κ2) is 13.6. The lowest BCUT2D eigenvalue weighted by molar-refractivity contribution is -0.138. The first-order valence-corrected chi connectivity index (χ1v) is 8.82. The molecule has 11 N–H and O–H groups in total. The third-order valence-corrected chi connectivity index (χ3v) is 3.33. The standard InChI is InChI=1S/C6H14N4O2.C6H7NO2S.C2H5NO/c7-4(5(11)12)2-1-3-10-6(8)9;7-10(8,9)6-4-2-1-3-5-6;1-2(3)4/h4H,1-3,7H2,(H,11,12)(H4,8,9,10);1-5H,(H2,7,8,9);1H3,(H2,3,4). The average molecular weight is 390 g/mol. The monoisotopic (exact) mass is 390 g/mol. The molecule has 1 unspecified atom stereocenters. The largest absolute Gasteiger partial charge is 0.480 e. The molecule has 0 aliphatic rings. The van der Waals surface area contributed by atoms with Crippen LogP contribution < -0.4 is 27.7 Å². The van der Waals surface area contributed by atoms with E-state index in [2.05, 4.69) is 11.1 Å². The summed E-state index contributed by atoms with van der Waals surface area (Å²) >= 11 is 0. The highest BCUT2D eigenvalue weighted by Gasteiger charge is 2.09. The quantitative estimate of drug-likeness (QED) is 0.171. The SMILES string of the molecule is CC(N)=O.N=C(N)NCCCC(N)C(=O)O.NS(=O)(=O)c1ccccc1. The van der Waals surface area contributed by atoms with Crippen molar-refractivity contribution in [3.8, 4) is 0 Å². The number of nitrogens with one attached hydrogen (secondary N) is 2. The summed E-state index contributed by atoms with van der Waals surface area (Å²) in [6, 6.07) is 7.07. The number of hydrogen-bond donors (Lipinski definition) is 7. The topological polar surface area (TPSA) is 228 Å². The highest BCUT2D eigenvalue weighted by Crippen LogP contribution is 2.03. The van der Waals surface area contributed by atoms with Crippen LogP contribution in [0.2, 0.25) is 0 Å². The number of primary amides is 1. The van der Waals surface area contributed by atoms with Gasteiger partial charge in [-0.2, -0.15) is 0 Å². The van der Waals surface area contributed by atoms with E-state index in [0.717, 1.165) is 0 Å². The number of benzene rings is 1. The van der Waals surface area contributed by atoms with E-state index in [4.69, 9.17) is 27.1 Å². The highest BCUT2D eigenvalue weighted by molar-refractivity contribution is 7.89. The lowest BCUT2D eigenvalue weighted by atomic mass is 10.2. The zero-order chi connectivity index (χ0) is 20.8. The van der Waals surface area contributed by atoms with Gasteiger partial charge in [-0.15, -0.1) is 0 Å². The number of carboxylic acid groups (broad SMARTS) is 1. The fourth-order valence-corrected chi connectivity index (χ4v) is 1.82. The Morgan fingerprint density at radius 3 is 2.00 bits per heavy atom. The third-order valence-electron chi connectivity index (χ3n) is 2.40. The Morgan fingerprint density at radius 2 is 1.69 bits per heavy atom. The van der Waals surface area contributed by atoms with E-state index in [1.165, 1.54) is 19.1 Å². The fraction of sp³-hybridized carbons (Fsp3) is 0.357. The minimum Gasteiger partial charge on any atom is -0.480 e. The minimum atomic E-state index is -3.50. The second-order valence-corrected chi connectivity index (χ2v) is 6.46. The normalized spacial score (nSPS) is 10.9. The van der Waals surface area contributed by atoms with Crippen molar-refractivity contribution >= 4 is 27.9 Å². The molecule has 1 aromatic carbocycles. The maximum absolute atomic E-state index is 10.6. The van der Waals surface area contributed by atoms with Crippen LogP contribution in [0.15, 0.2) is 35.2 Å². The number of carbonyl (C=O) groups is 2. The number of carboxylic acids is 1. The van der Waals surface area contributed by atoms with Crippen LogP contribution in [-0.4, -0.2) is 43.9 Å². The molecule has 1 atom stereocenters. The molecule has 0 fully saturated rings. The first-order chi connectivity index (χ1) is 11.9. The molecule has 1 rings (SSSR count). The predicted molar refractivity (Wildman–Crippen MR) is 97.4 cm³/mol. The molecule has 26 heavy (non-hydrogen) atoms. The first kappa shape index (κ1) is 25.5. The van der Waals surface area contributed by atoms with Gasteiger partial charge in [0.15, 0.2) is 5.96 Å². The van der Waals surface area contributed by atoms with Gasteiger partial charge in [-0.3, -0.25) is 15.0 Å². The number of rotatable bonds is 6. The molecule has 1 aromatic rings. The number of hydrogen-bond acceptors (Lipinski definition) is 6. The average Bonchev–Trinajstić information content (AvgIpc) is 2.51. The Hall–Kier alpha value is -2.70. The summed E-state index contributed by atoms with van der Waals surface area (Å²) in [7, 11) is -3.50. The number of guanidine groups is 1. The summed E-state index contributed by atoms with van der Waals surface area (Å²) in [5.74, 6) is -1.45. The van der Waals surface area contributed by atoms with Gasteiger partial charge < -0.3 is 27.6 Å². The Bertz CT molecular complexity index is 662. The number of aliphatic carboxylic acids is 1. The number of sulfonamides is 1. The Labute approximate surface area is 152 Å². The molecule has 0 spiro atoms. The van der Waals surface area contributed by atoms with Crippen molar-refractivity contribution in [2.24, 2.45) is 22.3 Å². The molecular formula is C14H26N6O5S. The van der Waals surface area contributed by atoms with Crippen LogP contribution >= 0.6 is 0 Å². The molecule has 0 aromatic heterocycles. The van der Waals surface area contributed by atoms with Crippen LogP contribution in [0.25, 0.3) is 0 Å². The Morgan fingerprint density at radius 1 is 1.23 bits per heavy atom. The zero-order valence-electron chi connectivity index (χ0n) is 14.4. The van der Waals surface area contributed by atoms with Gasteiger partial charge in [0.2, 0.25) is 15.9 Å². The highest BCUT2D eigenvalue weighted by atomic mass is 32.2. The van der Waals surface area contributed by atoms with E-state index >= 15 is 0 Å². The van der Waals surface area contributed by atoms with Gasteiger partial charge in [0.05, 0.1) is 4.90 Å². The molecule has 0 saturated carbocycles. The van der Waals surface area contributed by atoms with Crippen molar-refractivity contribution in [2.45, 2.75) is 30.7 Å².